The van der Waals surface area contributed by atoms with Crippen LogP contribution in [0, 0.1) is 0 Å². The molecule has 9 heteroatoms. The van der Waals surface area contributed by atoms with Gasteiger partial charge < -0.3 is 14.2 Å². The highest BCUT2D eigenvalue weighted by Gasteiger charge is 2.37. The second-order valence-corrected chi connectivity index (χ2v) is 8.26. The van der Waals surface area contributed by atoms with Gasteiger partial charge in [0.2, 0.25) is 5.75 Å². The number of hydrogen-bond donors (Lipinski definition) is 0. The summed E-state index contributed by atoms with van der Waals surface area (Å²) in [6.07, 6.45) is 0. The van der Waals surface area contributed by atoms with E-state index >= 15 is 0 Å². The number of carbonyl (C=O) groups is 3. The van der Waals surface area contributed by atoms with Gasteiger partial charge in [0.15, 0.2) is 11.5 Å². The molecule has 0 aliphatic carbocycles. The lowest BCUT2D eigenvalue weighted by molar-refractivity contribution is 0.0650. The quantitative estimate of drug-likeness (QED) is 0.426. The predicted octanol–water partition coefficient (Wildman–Crippen LogP) is 4.38. The number of hydrogen-bond acceptors (Lipinski definition) is 6. The smallest absolute Gasteiger partial charge is 0.263 e. The Labute approximate surface area is 204 Å². The number of imide groups is 1. The standard InChI is InChI=1S/C25H21BrN2O6/c1-32-20-12-15(13-21(33-2)22(20)34-3)23(29)27(17-10-8-16(26)9-11-17)14-28-24(30)18-6-4-5-7-19(18)25(28)31/h4-13H,14H2,1-3H3. The average molecular weight is 525 g/mol. The van der Waals surface area contributed by atoms with Crippen LogP contribution >= 0.6 is 15.9 Å². The molecule has 174 valence electrons. The maximum Gasteiger partial charge on any atom is 0.263 e. The van der Waals surface area contributed by atoms with Gasteiger partial charge in [0.25, 0.3) is 17.7 Å². The molecule has 0 saturated carbocycles. The number of methoxy groups -OCH3 is 3. The summed E-state index contributed by atoms with van der Waals surface area (Å²) in [5, 5.41) is 0. The first kappa shape index (κ1) is 23.3. The van der Waals surface area contributed by atoms with Gasteiger partial charge >= 0.3 is 0 Å². The largest absolute Gasteiger partial charge is 0.493 e. The van der Waals surface area contributed by atoms with Gasteiger partial charge in [-0.25, -0.2) is 0 Å². The molecule has 0 N–H and O–H groups in total. The van der Waals surface area contributed by atoms with Crippen LogP contribution in [0.2, 0.25) is 0 Å². The molecule has 0 radical (unpaired) electrons. The number of carbonyl (C=O) groups excluding carboxylic acids is 3. The first-order valence-corrected chi connectivity index (χ1v) is 11.0. The number of halogens is 1. The van der Waals surface area contributed by atoms with Crippen LogP contribution in [0.5, 0.6) is 17.2 Å². The summed E-state index contributed by atoms with van der Waals surface area (Å²) in [5.74, 6) is -0.417. The van der Waals surface area contributed by atoms with Crippen LogP contribution in [-0.2, 0) is 0 Å². The van der Waals surface area contributed by atoms with E-state index in [1.165, 1.54) is 38.4 Å². The Morgan fingerprint density at radius 3 is 1.85 bits per heavy atom. The summed E-state index contributed by atoms with van der Waals surface area (Å²) in [4.78, 5) is 42.1. The zero-order chi connectivity index (χ0) is 24.4. The van der Waals surface area contributed by atoms with Crippen LogP contribution in [0.1, 0.15) is 31.1 Å². The Bertz CT molecular complexity index is 1210. The van der Waals surface area contributed by atoms with Crippen LogP contribution in [0.3, 0.4) is 0 Å². The fraction of sp³-hybridized carbons (Fsp3) is 0.160. The lowest BCUT2D eigenvalue weighted by Gasteiger charge is -2.27. The minimum absolute atomic E-state index is 0.231. The molecule has 0 saturated heterocycles. The second kappa shape index (κ2) is 9.56. The normalized spacial score (nSPS) is 12.4. The number of benzene rings is 3. The van der Waals surface area contributed by atoms with E-state index in [0.717, 1.165) is 9.37 Å². The average Bonchev–Trinajstić information content (AvgIpc) is 3.11. The van der Waals surface area contributed by atoms with Gasteiger partial charge in [0.05, 0.1) is 32.5 Å². The Hall–Kier alpha value is -3.85. The summed E-state index contributed by atoms with van der Waals surface area (Å²) >= 11 is 3.39. The second-order valence-electron chi connectivity index (χ2n) is 7.35. The van der Waals surface area contributed by atoms with E-state index in [2.05, 4.69) is 15.9 Å². The number of anilines is 1. The van der Waals surface area contributed by atoms with E-state index in [-0.39, 0.29) is 12.2 Å². The molecule has 4 rings (SSSR count). The monoisotopic (exact) mass is 524 g/mol. The molecule has 3 amide bonds. The number of nitrogens with zero attached hydrogens (tertiary/aromatic N) is 2. The van der Waals surface area contributed by atoms with Crippen molar-refractivity contribution in [3.8, 4) is 17.2 Å². The third kappa shape index (κ3) is 4.10. The van der Waals surface area contributed by atoms with E-state index in [4.69, 9.17) is 14.2 Å². The van der Waals surface area contributed by atoms with E-state index < -0.39 is 17.7 Å². The summed E-state index contributed by atoms with van der Waals surface area (Å²) in [6, 6.07) is 16.6. The zero-order valence-corrected chi connectivity index (χ0v) is 20.3. The SMILES string of the molecule is COc1cc(C(=O)N(CN2C(=O)c3ccccc3C2=O)c2ccc(Br)cc2)cc(OC)c1OC. The first-order chi connectivity index (χ1) is 16.4. The number of ether oxygens (including phenoxy) is 3. The molecule has 1 aliphatic rings. The van der Waals surface area contributed by atoms with Crippen molar-refractivity contribution in [1.82, 2.24) is 4.90 Å². The molecular weight excluding hydrogens is 504 g/mol. The Morgan fingerprint density at radius 2 is 1.38 bits per heavy atom. The molecule has 3 aromatic rings. The third-order valence-corrected chi connectivity index (χ3v) is 5.98. The van der Waals surface area contributed by atoms with Gasteiger partial charge in [-0.3, -0.25) is 24.2 Å². The molecule has 0 fully saturated rings. The highest BCUT2D eigenvalue weighted by molar-refractivity contribution is 9.10. The molecule has 0 aromatic heterocycles. The molecule has 0 bridgehead atoms. The first-order valence-electron chi connectivity index (χ1n) is 10.2. The molecule has 3 aromatic carbocycles. The van der Waals surface area contributed by atoms with E-state index in [0.29, 0.717) is 34.1 Å². The molecule has 1 heterocycles. The zero-order valence-electron chi connectivity index (χ0n) is 18.7. The summed E-state index contributed by atoms with van der Waals surface area (Å²) in [6.45, 7) is -0.274. The predicted molar refractivity (Wildman–Crippen MR) is 129 cm³/mol. The van der Waals surface area contributed by atoms with Gasteiger partial charge in [0.1, 0.15) is 6.67 Å². The highest BCUT2D eigenvalue weighted by Crippen LogP contribution is 2.39. The highest BCUT2D eigenvalue weighted by atomic mass is 79.9. The van der Waals surface area contributed by atoms with Crippen molar-refractivity contribution < 1.29 is 28.6 Å². The van der Waals surface area contributed by atoms with Crippen molar-refractivity contribution in [1.29, 1.82) is 0 Å². The van der Waals surface area contributed by atoms with Crippen molar-refractivity contribution in [2.75, 3.05) is 32.9 Å². The number of amides is 3. The van der Waals surface area contributed by atoms with E-state index in [9.17, 15) is 14.4 Å². The molecule has 0 unspecified atom stereocenters. The molecular formula is C25H21BrN2O6. The van der Waals surface area contributed by atoms with Gasteiger partial charge in [-0.15, -0.1) is 0 Å². The van der Waals surface area contributed by atoms with E-state index in [1.54, 1.807) is 48.5 Å². The van der Waals surface area contributed by atoms with E-state index in [1.807, 2.05) is 0 Å². The molecule has 1 aliphatic heterocycles. The Kier molecular flexibility index (Phi) is 6.56. The molecule has 34 heavy (non-hydrogen) atoms. The lowest BCUT2D eigenvalue weighted by atomic mass is 10.1. The van der Waals surface area contributed by atoms with Crippen molar-refractivity contribution in [2.45, 2.75) is 0 Å². The van der Waals surface area contributed by atoms with Crippen LogP contribution in [0.15, 0.2) is 65.1 Å². The van der Waals surface area contributed by atoms with Gasteiger partial charge in [-0.1, -0.05) is 28.1 Å². The molecule has 8 nitrogen and oxygen atoms in total. The Morgan fingerprint density at radius 1 is 0.853 bits per heavy atom. The van der Waals surface area contributed by atoms with Crippen molar-refractivity contribution in [2.24, 2.45) is 0 Å². The maximum absolute atomic E-state index is 13.8. The fourth-order valence-corrected chi connectivity index (χ4v) is 4.02. The van der Waals surface area contributed by atoms with Crippen molar-refractivity contribution in [3.05, 3.63) is 81.8 Å². The lowest BCUT2D eigenvalue weighted by Crippen LogP contribution is -2.44. The summed E-state index contributed by atoms with van der Waals surface area (Å²) < 4.78 is 16.9. The van der Waals surface area contributed by atoms with Crippen LogP contribution < -0.4 is 19.1 Å². The topological polar surface area (TPSA) is 85.4 Å². The van der Waals surface area contributed by atoms with Crippen LogP contribution in [-0.4, -0.2) is 50.6 Å². The van der Waals surface area contributed by atoms with Crippen LogP contribution in [0.25, 0.3) is 0 Å². The Balaban J connectivity index is 1.76. The fourth-order valence-electron chi connectivity index (χ4n) is 3.75. The number of rotatable bonds is 7. The third-order valence-electron chi connectivity index (χ3n) is 5.46. The summed E-state index contributed by atoms with van der Waals surface area (Å²) in [7, 11) is 4.38. The van der Waals surface area contributed by atoms with Crippen molar-refractivity contribution >= 4 is 39.3 Å². The minimum atomic E-state index is -0.460. The van der Waals surface area contributed by atoms with Crippen LogP contribution in [0.4, 0.5) is 5.69 Å². The minimum Gasteiger partial charge on any atom is -0.493 e. The van der Waals surface area contributed by atoms with Gasteiger partial charge in [0, 0.05) is 15.7 Å². The summed E-state index contributed by atoms with van der Waals surface area (Å²) in [5.41, 5.74) is 1.35. The molecule has 0 atom stereocenters. The van der Waals surface area contributed by atoms with Crippen molar-refractivity contribution in [3.63, 3.8) is 0 Å². The molecule has 0 spiro atoms. The van der Waals surface area contributed by atoms with Gasteiger partial charge in [-0.05, 0) is 48.5 Å². The maximum atomic E-state index is 13.8. The number of fused-ring (bicyclic) bond motifs is 1. The van der Waals surface area contributed by atoms with Gasteiger partial charge in [-0.2, -0.15) is 0 Å².